The van der Waals surface area contributed by atoms with Gasteiger partial charge in [0.2, 0.25) is 0 Å². The number of aromatic nitrogens is 2. The summed E-state index contributed by atoms with van der Waals surface area (Å²) in [6.45, 7) is 12.1. The van der Waals surface area contributed by atoms with E-state index in [1.54, 1.807) is 0 Å². The molecule has 0 aliphatic heterocycles. The average Bonchev–Trinajstić information content (AvgIpc) is 2.65. The molecule has 0 amide bonds. The minimum Gasteiger partial charge on any atom is -0.382 e. The van der Waals surface area contributed by atoms with Crippen molar-refractivity contribution in [3.8, 4) is 0 Å². The summed E-state index contributed by atoms with van der Waals surface area (Å²) < 4.78 is 2.13. The predicted octanol–water partition coefficient (Wildman–Crippen LogP) is 4.32. The highest BCUT2D eigenvalue weighted by molar-refractivity contribution is 5.52. The molecule has 0 aromatic carbocycles. The van der Waals surface area contributed by atoms with Crippen LogP contribution in [0.3, 0.4) is 0 Å². The molecule has 1 saturated carbocycles. The number of anilines is 1. The Morgan fingerprint density at radius 3 is 2.37 bits per heavy atom. The highest BCUT2D eigenvalue weighted by Crippen LogP contribution is 2.29. The molecule has 0 bridgehead atoms. The lowest BCUT2D eigenvalue weighted by atomic mass is 9.83. The number of nitrogens with one attached hydrogen (secondary N) is 1. The van der Waals surface area contributed by atoms with Crippen LogP contribution >= 0.6 is 0 Å². The van der Waals surface area contributed by atoms with Crippen molar-refractivity contribution in [3.63, 3.8) is 0 Å². The van der Waals surface area contributed by atoms with E-state index in [1.165, 1.54) is 37.1 Å². The van der Waals surface area contributed by atoms with Crippen LogP contribution in [0.15, 0.2) is 0 Å². The molecule has 3 nitrogen and oxygen atoms in total. The van der Waals surface area contributed by atoms with Crippen molar-refractivity contribution in [3.05, 3.63) is 11.4 Å². The van der Waals surface area contributed by atoms with Gasteiger partial charge in [-0.25, -0.2) is 0 Å². The molecule has 1 heterocycles. The van der Waals surface area contributed by atoms with E-state index in [0.717, 1.165) is 24.1 Å². The van der Waals surface area contributed by atoms with E-state index >= 15 is 0 Å². The lowest BCUT2D eigenvalue weighted by Gasteiger charge is -2.26. The molecule has 19 heavy (non-hydrogen) atoms. The molecule has 108 valence electrons. The molecule has 0 unspecified atom stereocenters. The molecule has 0 atom stereocenters. The van der Waals surface area contributed by atoms with Gasteiger partial charge in [-0.15, -0.1) is 0 Å². The van der Waals surface area contributed by atoms with Gasteiger partial charge in [0.05, 0.1) is 17.1 Å². The molecule has 1 aliphatic carbocycles. The van der Waals surface area contributed by atoms with Crippen LogP contribution < -0.4 is 5.32 Å². The maximum Gasteiger partial charge on any atom is 0.0828 e. The van der Waals surface area contributed by atoms with Gasteiger partial charge in [0.15, 0.2) is 0 Å². The molecule has 0 spiro atoms. The van der Waals surface area contributed by atoms with Gasteiger partial charge in [0.1, 0.15) is 0 Å². The maximum atomic E-state index is 4.64. The SMILES string of the molecule is Cc1nn(C(C)C)c(C)c1NCC1CCC(C)CC1. The number of hydrogen-bond donors (Lipinski definition) is 1. The van der Waals surface area contributed by atoms with Crippen LogP contribution in [0.4, 0.5) is 5.69 Å². The van der Waals surface area contributed by atoms with E-state index in [9.17, 15) is 0 Å². The van der Waals surface area contributed by atoms with Crippen LogP contribution in [0.2, 0.25) is 0 Å². The van der Waals surface area contributed by atoms with Crippen LogP contribution in [-0.2, 0) is 0 Å². The zero-order chi connectivity index (χ0) is 14.0. The Morgan fingerprint density at radius 1 is 1.21 bits per heavy atom. The first-order valence-corrected chi connectivity index (χ1v) is 7.78. The lowest BCUT2D eigenvalue weighted by Crippen LogP contribution is -2.20. The third-order valence-electron chi connectivity index (χ3n) is 4.52. The lowest BCUT2D eigenvalue weighted by molar-refractivity contribution is 0.300. The first-order chi connectivity index (χ1) is 8.99. The van der Waals surface area contributed by atoms with Crippen LogP contribution in [0, 0.1) is 25.7 Å². The normalized spacial score (nSPS) is 23.9. The second kappa shape index (κ2) is 5.98. The standard InChI is InChI=1S/C16H29N3/c1-11(2)19-14(5)16(13(4)18-19)17-10-15-8-6-12(3)7-9-15/h11-12,15,17H,6-10H2,1-5H3. The smallest absolute Gasteiger partial charge is 0.0828 e. The predicted molar refractivity (Wildman–Crippen MR) is 81.7 cm³/mol. The second-order valence-electron chi connectivity index (χ2n) is 6.59. The molecule has 0 radical (unpaired) electrons. The quantitative estimate of drug-likeness (QED) is 0.876. The Balaban J connectivity index is 1.96. The Labute approximate surface area is 117 Å². The first-order valence-electron chi connectivity index (χ1n) is 7.78. The summed E-state index contributed by atoms with van der Waals surface area (Å²) in [7, 11) is 0. The van der Waals surface area contributed by atoms with Crippen LogP contribution in [0.1, 0.15) is 63.9 Å². The minimum atomic E-state index is 0.435. The topological polar surface area (TPSA) is 29.9 Å². The van der Waals surface area contributed by atoms with Crippen molar-refractivity contribution in [2.24, 2.45) is 11.8 Å². The van der Waals surface area contributed by atoms with Gasteiger partial charge < -0.3 is 5.32 Å². The highest BCUT2D eigenvalue weighted by Gasteiger charge is 2.19. The summed E-state index contributed by atoms with van der Waals surface area (Å²) in [6, 6.07) is 0.435. The van der Waals surface area contributed by atoms with E-state index in [4.69, 9.17) is 0 Å². The molecule has 1 aromatic rings. The monoisotopic (exact) mass is 263 g/mol. The van der Waals surface area contributed by atoms with Crippen LogP contribution in [0.5, 0.6) is 0 Å². The van der Waals surface area contributed by atoms with Gasteiger partial charge in [-0.05, 0) is 52.4 Å². The van der Waals surface area contributed by atoms with Gasteiger partial charge in [0, 0.05) is 12.6 Å². The number of rotatable bonds is 4. The van der Waals surface area contributed by atoms with Gasteiger partial charge in [-0.1, -0.05) is 19.8 Å². The highest BCUT2D eigenvalue weighted by atomic mass is 15.3. The fourth-order valence-corrected chi connectivity index (χ4v) is 3.20. The molecule has 1 N–H and O–H groups in total. The second-order valence-corrected chi connectivity index (χ2v) is 6.59. The summed E-state index contributed by atoms with van der Waals surface area (Å²) in [4.78, 5) is 0. The molecule has 1 aromatic heterocycles. The summed E-state index contributed by atoms with van der Waals surface area (Å²) >= 11 is 0. The zero-order valence-corrected chi connectivity index (χ0v) is 13.2. The fraction of sp³-hybridized carbons (Fsp3) is 0.812. The van der Waals surface area contributed by atoms with E-state index in [2.05, 4.69) is 49.7 Å². The van der Waals surface area contributed by atoms with Crippen molar-refractivity contribution in [2.45, 2.75) is 66.3 Å². The Kier molecular flexibility index (Phi) is 4.54. The van der Waals surface area contributed by atoms with Crippen molar-refractivity contribution < 1.29 is 0 Å². The van der Waals surface area contributed by atoms with Crippen LogP contribution in [0.25, 0.3) is 0 Å². The maximum absolute atomic E-state index is 4.64. The van der Waals surface area contributed by atoms with E-state index in [1.807, 2.05) is 0 Å². The fourth-order valence-electron chi connectivity index (χ4n) is 3.20. The summed E-state index contributed by atoms with van der Waals surface area (Å²) in [6.07, 6.45) is 5.56. The largest absolute Gasteiger partial charge is 0.382 e. The Bertz CT molecular complexity index is 412. The van der Waals surface area contributed by atoms with Crippen molar-refractivity contribution in [1.82, 2.24) is 9.78 Å². The van der Waals surface area contributed by atoms with E-state index in [-0.39, 0.29) is 0 Å². The van der Waals surface area contributed by atoms with Gasteiger partial charge in [-0.3, -0.25) is 4.68 Å². The third-order valence-corrected chi connectivity index (χ3v) is 4.52. The number of aryl methyl sites for hydroxylation is 1. The van der Waals surface area contributed by atoms with Crippen LogP contribution in [-0.4, -0.2) is 16.3 Å². The van der Waals surface area contributed by atoms with Crippen molar-refractivity contribution in [2.75, 3.05) is 11.9 Å². The van der Waals surface area contributed by atoms with E-state index in [0.29, 0.717) is 6.04 Å². The van der Waals surface area contributed by atoms with E-state index < -0.39 is 0 Å². The molecule has 2 rings (SSSR count). The molecular weight excluding hydrogens is 234 g/mol. The Hall–Kier alpha value is -0.990. The molecule has 3 heteroatoms. The summed E-state index contributed by atoms with van der Waals surface area (Å²) in [5, 5.41) is 8.30. The molecular formula is C16H29N3. The molecule has 1 aliphatic rings. The van der Waals surface area contributed by atoms with Crippen molar-refractivity contribution >= 4 is 5.69 Å². The Morgan fingerprint density at radius 2 is 1.84 bits per heavy atom. The third kappa shape index (κ3) is 3.31. The number of hydrogen-bond acceptors (Lipinski definition) is 2. The minimum absolute atomic E-state index is 0.435. The van der Waals surface area contributed by atoms with Gasteiger partial charge >= 0.3 is 0 Å². The first kappa shape index (κ1) is 14.4. The molecule has 0 saturated heterocycles. The zero-order valence-electron chi connectivity index (χ0n) is 13.2. The summed E-state index contributed by atoms with van der Waals surface area (Å²) in [5.74, 6) is 1.78. The molecule has 1 fully saturated rings. The van der Waals surface area contributed by atoms with Gasteiger partial charge in [-0.2, -0.15) is 5.10 Å². The summed E-state index contributed by atoms with van der Waals surface area (Å²) in [5.41, 5.74) is 3.67. The van der Waals surface area contributed by atoms with Crippen molar-refractivity contribution in [1.29, 1.82) is 0 Å². The number of nitrogens with zero attached hydrogens (tertiary/aromatic N) is 2. The average molecular weight is 263 g/mol. The van der Waals surface area contributed by atoms with Gasteiger partial charge in [0.25, 0.3) is 0 Å².